The summed E-state index contributed by atoms with van der Waals surface area (Å²) < 4.78 is 0. The molecule has 3 rings (SSSR count). The highest BCUT2D eigenvalue weighted by Crippen LogP contribution is 2.14. The minimum atomic E-state index is 0.937. The van der Waals surface area contributed by atoms with E-state index in [1.54, 1.807) is 0 Å². The lowest BCUT2D eigenvalue weighted by atomic mass is 10.1. The lowest BCUT2D eigenvalue weighted by Gasteiger charge is -2.06. The van der Waals surface area contributed by atoms with Crippen LogP contribution in [0.3, 0.4) is 0 Å². The van der Waals surface area contributed by atoms with Crippen LogP contribution in [0.25, 0.3) is 10.8 Å². The summed E-state index contributed by atoms with van der Waals surface area (Å²) in [6.07, 6.45) is 11.8. The molecule has 0 aliphatic heterocycles. The van der Waals surface area contributed by atoms with Crippen LogP contribution in [0.5, 0.6) is 0 Å². The van der Waals surface area contributed by atoms with E-state index in [-0.39, 0.29) is 0 Å². The van der Waals surface area contributed by atoms with Gasteiger partial charge in [0.2, 0.25) is 0 Å². The number of nitrogens with one attached hydrogen (secondary N) is 1. The van der Waals surface area contributed by atoms with Crippen LogP contribution in [-0.2, 0) is 13.0 Å². The molecule has 24 heavy (non-hydrogen) atoms. The van der Waals surface area contributed by atoms with Crippen molar-refractivity contribution in [3.05, 3.63) is 72.3 Å². The predicted octanol–water partition coefficient (Wildman–Crippen LogP) is 4.52. The summed E-state index contributed by atoms with van der Waals surface area (Å²) in [4.78, 5) is 8.52. The van der Waals surface area contributed by atoms with Gasteiger partial charge in [0, 0.05) is 36.2 Å². The molecule has 1 N–H and O–H groups in total. The standard InChI is InChI=1S/C21H25N3/c1(3-7-21-8-4-6-13-24-21)2-5-12-22-16-18-9-10-20-17-23-14-11-19(20)15-18/h4,6,8-11,13-15,17,22H,1-3,5,7,12,16H2. The van der Waals surface area contributed by atoms with Gasteiger partial charge in [-0.25, -0.2) is 0 Å². The van der Waals surface area contributed by atoms with Crippen LogP contribution in [0, 0.1) is 0 Å². The van der Waals surface area contributed by atoms with Crippen LogP contribution < -0.4 is 5.32 Å². The van der Waals surface area contributed by atoms with E-state index in [1.807, 2.05) is 24.7 Å². The Morgan fingerprint density at radius 1 is 0.833 bits per heavy atom. The molecular weight excluding hydrogens is 294 g/mol. The maximum absolute atomic E-state index is 4.36. The Morgan fingerprint density at radius 2 is 1.79 bits per heavy atom. The molecule has 2 aromatic heterocycles. The minimum absolute atomic E-state index is 0.937. The molecule has 2 heterocycles. The zero-order chi connectivity index (χ0) is 16.5. The lowest BCUT2D eigenvalue weighted by molar-refractivity contribution is 0.585. The van der Waals surface area contributed by atoms with Crippen LogP contribution in [-0.4, -0.2) is 16.5 Å². The number of hydrogen-bond acceptors (Lipinski definition) is 3. The number of fused-ring (bicyclic) bond motifs is 1. The molecule has 0 amide bonds. The second-order valence-corrected chi connectivity index (χ2v) is 6.22. The Bertz CT molecular complexity index is 740. The van der Waals surface area contributed by atoms with Crippen molar-refractivity contribution in [2.45, 2.75) is 38.6 Å². The summed E-state index contributed by atoms with van der Waals surface area (Å²) in [6, 6.07) is 14.8. The Labute approximate surface area is 144 Å². The van der Waals surface area contributed by atoms with Gasteiger partial charge in [-0.05, 0) is 61.0 Å². The van der Waals surface area contributed by atoms with Crippen molar-refractivity contribution >= 4 is 10.8 Å². The van der Waals surface area contributed by atoms with Gasteiger partial charge in [0.05, 0.1) is 0 Å². The van der Waals surface area contributed by atoms with Crippen LogP contribution in [0.2, 0.25) is 0 Å². The average Bonchev–Trinajstić information content (AvgIpc) is 2.64. The third-order valence-corrected chi connectivity index (χ3v) is 4.30. The van der Waals surface area contributed by atoms with Gasteiger partial charge in [-0.3, -0.25) is 9.97 Å². The molecular formula is C21H25N3. The van der Waals surface area contributed by atoms with E-state index in [4.69, 9.17) is 0 Å². The predicted molar refractivity (Wildman–Crippen MR) is 99.9 cm³/mol. The smallest absolute Gasteiger partial charge is 0.0403 e. The van der Waals surface area contributed by atoms with Gasteiger partial charge >= 0.3 is 0 Å². The van der Waals surface area contributed by atoms with Gasteiger partial charge in [0.15, 0.2) is 0 Å². The molecule has 3 heteroatoms. The number of hydrogen-bond donors (Lipinski definition) is 1. The van der Waals surface area contributed by atoms with Crippen molar-refractivity contribution in [2.24, 2.45) is 0 Å². The normalized spacial score (nSPS) is 11.0. The molecule has 1 aromatic carbocycles. The summed E-state index contributed by atoms with van der Waals surface area (Å²) in [5.41, 5.74) is 2.55. The number of aromatic nitrogens is 2. The van der Waals surface area contributed by atoms with Gasteiger partial charge in [0.1, 0.15) is 0 Å². The van der Waals surface area contributed by atoms with Crippen LogP contribution in [0.15, 0.2) is 61.1 Å². The zero-order valence-corrected chi connectivity index (χ0v) is 14.1. The number of unbranched alkanes of at least 4 members (excludes halogenated alkanes) is 3. The topological polar surface area (TPSA) is 37.8 Å². The molecule has 3 aromatic rings. The van der Waals surface area contributed by atoms with E-state index in [1.165, 1.54) is 47.7 Å². The van der Waals surface area contributed by atoms with Gasteiger partial charge in [-0.2, -0.15) is 0 Å². The molecule has 0 radical (unpaired) electrons. The highest BCUT2D eigenvalue weighted by Gasteiger charge is 1.97. The summed E-state index contributed by atoms with van der Waals surface area (Å²) in [6.45, 7) is 2.02. The fourth-order valence-corrected chi connectivity index (χ4v) is 2.93. The number of aryl methyl sites for hydroxylation is 1. The molecule has 0 saturated carbocycles. The maximum Gasteiger partial charge on any atom is 0.0403 e. The number of pyridine rings is 2. The summed E-state index contributed by atoms with van der Waals surface area (Å²) in [5.74, 6) is 0. The van der Waals surface area contributed by atoms with E-state index in [0.717, 1.165) is 19.5 Å². The van der Waals surface area contributed by atoms with Crippen LogP contribution in [0.1, 0.15) is 36.9 Å². The summed E-state index contributed by atoms with van der Waals surface area (Å²) >= 11 is 0. The summed E-state index contributed by atoms with van der Waals surface area (Å²) in [7, 11) is 0. The van der Waals surface area contributed by atoms with Crippen molar-refractivity contribution < 1.29 is 0 Å². The molecule has 0 fully saturated rings. The maximum atomic E-state index is 4.36. The second kappa shape index (κ2) is 9.14. The highest BCUT2D eigenvalue weighted by molar-refractivity contribution is 5.81. The van der Waals surface area contributed by atoms with Crippen LogP contribution >= 0.6 is 0 Å². The minimum Gasteiger partial charge on any atom is -0.313 e. The second-order valence-electron chi connectivity index (χ2n) is 6.22. The Kier molecular flexibility index (Phi) is 6.32. The Balaban J connectivity index is 1.28. The average molecular weight is 319 g/mol. The fourth-order valence-electron chi connectivity index (χ4n) is 2.93. The quantitative estimate of drug-likeness (QED) is 0.589. The molecule has 0 spiro atoms. The SMILES string of the molecule is c1ccc(CCCCCCNCc2ccc3cnccc3c2)nc1. The first kappa shape index (κ1) is 16.6. The summed E-state index contributed by atoms with van der Waals surface area (Å²) in [5, 5.41) is 6.01. The van der Waals surface area contributed by atoms with Crippen molar-refractivity contribution in [3.8, 4) is 0 Å². The van der Waals surface area contributed by atoms with Gasteiger partial charge in [0.25, 0.3) is 0 Å². The molecule has 0 unspecified atom stereocenters. The van der Waals surface area contributed by atoms with Crippen molar-refractivity contribution in [3.63, 3.8) is 0 Å². The van der Waals surface area contributed by atoms with Crippen LogP contribution in [0.4, 0.5) is 0 Å². The fraction of sp³-hybridized carbons (Fsp3) is 0.333. The monoisotopic (exact) mass is 319 g/mol. The number of rotatable bonds is 9. The number of benzene rings is 1. The molecule has 0 bridgehead atoms. The molecule has 0 saturated heterocycles. The van der Waals surface area contributed by atoms with E-state index in [0.29, 0.717) is 0 Å². The van der Waals surface area contributed by atoms with Crippen molar-refractivity contribution in [1.29, 1.82) is 0 Å². The zero-order valence-electron chi connectivity index (χ0n) is 14.1. The van der Waals surface area contributed by atoms with Gasteiger partial charge in [-0.1, -0.05) is 31.0 Å². The Morgan fingerprint density at radius 3 is 2.71 bits per heavy atom. The first-order valence-electron chi connectivity index (χ1n) is 8.85. The van der Waals surface area contributed by atoms with Crippen molar-refractivity contribution in [1.82, 2.24) is 15.3 Å². The first-order chi connectivity index (χ1) is 11.9. The van der Waals surface area contributed by atoms with E-state index < -0.39 is 0 Å². The van der Waals surface area contributed by atoms with Gasteiger partial charge < -0.3 is 5.32 Å². The lowest BCUT2D eigenvalue weighted by Crippen LogP contribution is -2.14. The van der Waals surface area contributed by atoms with E-state index in [2.05, 4.69) is 51.7 Å². The molecule has 0 aliphatic carbocycles. The third kappa shape index (κ3) is 5.14. The molecule has 0 aliphatic rings. The molecule has 124 valence electrons. The largest absolute Gasteiger partial charge is 0.313 e. The highest BCUT2D eigenvalue weighted by atomic mass is 14.8. The molecule has 3 nitrogen and oxygen atoms in total. The Hall–Kier alpha value is -2.26. The first-order valence-corrected chi connectivity index (χ1v) is 8.85. The number of nitrogens with zero attached hydrogens (tertiary/aromatic N) is 2. The van der Waals surface area contributed by atoms with E-state index in [9.17, 15) is 0 Å². The third-order valence-electron chi connectivity index (χ3n) is 4.30. The molecule has 0 atom stereocenters. The van der Waals surface area contributed by atoms with Crippen molar-refractivity contribution in [2.75, 3.05) is 6.54 Å². The van der Waals surface area contributed by atoms with E-state index >= 15 is 0 Å². The van der Waals surface area contributed by atoms with Gasteiger partial charge in [-0.15, -0.1) is 0 Å².